The Kier molecular flexibility index (Phi) is 5.92. The maximum atomic E-state index is 12.9. The summed E-state index contributed by atoms with van der Waals surface area (Å²) in [5.74, 6) is 0.653. The van der Waals surface area contributed by atoms with Crippen molar-refractivity contribution in [2.24, 2.45) is 0 Å². The third kappa shape index (κ3) is 4.73. The van der Waals surface area contributed by atoms with Gasteiger partial charge in [0.1, 0.15) is 5.82 Å². The number of ether oxygens (including phenoxy) is 1. The number of hydrogen-bond acceptors (Lipinski definition) is 6. The van der Waals surface area contributed by atoms with Gasteiger partial charge in [-0.1, -0.05) is 0 Å². The molecule has 1 aliphatic heterocycles. The van der Waals surface area contributed by atoms with Gasteiger partial charge < -0.3 is 15.4 Å². The number of alkyl halides is 2. The van der Waals surface area contributed by atoms with E-state index in [2.05, 4.69) is 15.7 Å². The Hall–Kier alpha value is -2.26. The van der Waals surface area contributed by atoms with Crippen molar-refractivity contribution >= 4 is 33.1 Å². The summed E-state index contributed by atoms with van der Waals surface area (Å²) in [4.78, 5) is 5.72. The summed E-state index contributed by atoms with van der Waals surface area (Å²) in [6, 6.07) is 5.76. The lowest BCUT2D eigenvalue weighted by molar-refractivity contribution is -0.0383. The van der Waals surface area contributed by atoms with E-state index in [1.165, 1.54) is 11.3 Å². The van der Waals surface area contributed by atoms with Gasteiger partial charge in [-0.25, -0.2) is 18.4 Å². The number of halogens is 2. The van der Waals surface area contributed by atoms with Gasteiger partial charge in [0, 0.05) is 24.4 Å². The second kappa shape index (κ2) is 8.47. The number of aromatic nitrogens is 3. The molecule has 6 nitrogen and oxygen atoms in total. The minimum absolute atomic E-state index is 0.0727. The third-order valence-corrected chi connectivity index (χ3v) is 5.96. The largest absolute Gasteiger partial charge is 0.378 e. The molecule has 1 atom stereocenters. The molecule has 4 heterocycles. The summed E-state index contributed by atoms with van der Waals surface area (Å²) in [5.41, 5.74) is 2.17. The lowest BCUT2D eigenvalue weighted by Gasteiger charge is -2.24. The summed E-state index contributed by atoms with van der Waals surface area (Å²) in [5, 5.41) is 10.7. The Morgan fingerprint density at radius 2 is 2.13 bits per heavy atom. The molecule has 4 rings (SSSR count). The molecule has 162 valence electrons. The summed E-state index contributed by atoms with van der Waals surface area (Å²) < 4.78 is 34.4. The zero-order valence-corrected chi connectivity index (χ0v) is 18.2. The molecular weight excluding hydrogens is 408 g/mol. The van der Waals surface area contributed by atoms with Crippen molar-refractivity contribution < 1.29 is 13.5 Å². The number of anilines is 2. The molecule has 9 heteroatoms. The highest BCUT2D eigenvalue weighted by Crippen LogP contribution is 2.39. The van der Waals surface area contributed by atoms with Crippen molar-refractivity contribution in [3.05, 3.63) is 24.4 Å². The second-order valence-corrected chi connectivity index (χ2v) is 9.56. The lowest BCUT2D eigenvalue weighted by Crippen LogP contribution is -2.26. The molecule has 0 radical (unpaired) electrons. The van der Waals surface area contributed by atoms with Crippen LogP contribution in [0, 0.1) is 0 Å². The maximum absolute atomic E-state index is 12.9. The Morgan fingerprint density at radius 3 is 2.83 bits per heavy atom. The van der Waals surface area contributed by atoms with Crippen molar-refractivity contribution in [1.29, 1.82) is 0 Å². The Labute approximate surface area is 178 Å². The van der Waals surface area contributed by atoms with Crippen LogP contribution in [0.4, 0.5) is 20.3 Å². The van der Waals surface area contributed by atoms with Crippen molar-refractivity contribution in [3.63, 3.8) is 0 Å². The predicted molar refractivity (Wildman–Crippen MR) is 118 cm³/mol. The van der Waals surface area contributed by atoms with Crippen molar-refractivity contribution in [2.75, 3.05) is 23.8 Å². The first-order valence-corrected chi connectivity index (χ1v) is 11.0. The molecule has 3 aromatic rings. The quantitative estimate of drug-likeness (QED) is 0.516. The molecule has 0 aromatic carbocycles. The van der Waals surface area contributed by atoms with Crippen LogP contribution in [0.5, 0.6) is 0 Å². The fourth-order valence-corrected chi connectivity index (χ4v) is 4.68. The normalized spacial score (nSPS) is 17.6. The molecule has 0 spiro atoms. The second-order valence-electron chi connectivity index (χ2n) is 8.51. The molecule has 30 heavy (non-hydrogen) atoms. The van der Waals surface area contributed by atoms with Crippen LogP contribution in [0.25, 0.3) is 20.8 Å². The highest BCUT2D eigenvalue weighted by Gasteiger charge is 2.22. The average molecular weight is 436 g/mol. The molecule has 1 aliphatic rings. The van der Waals surface area contributed by atoms with Gasteiger partial charge in [-0.05, 0) is 52.2 Å². The topological polar surface area (TPSA) is 64.0 Å². The van der Waals surface area contributed by atoms with Gasteiger partial charge in [0.25, 0.3) is 6.43 Å². The van der Waals surface area contributed by atoms with Gasteiger partial charge in [0.15, 0.2) is 6.23 Å². The van der Waals surface area contributed by atoms with E-state index in [1.807, 2.05) is 37.6 Å². The minimum Gasteiger partial charge on any atom is -0.378 e. The fourth-order valence-electron chi connectivity index (χ4n) is 3.57. The van der Waals surface area contributed by atoms with Gasteiger partial charge >= 0.3 is 0 Å². The van der Waals surface area contributed by atoms with Crippen LogP contribution < -0.4 is 10.6 Å². The number of hydrogen-bond donors (Lipinski definition) is 2. The molecule has 1 unspecified atom stereocenters. The number of pyridine rings is 1. The van der Waals surface area contributed by atoms with E-state index in [1.54, 1.807) is 12.3 Å². The molecule has 3 aromatic heterocycles. The van der Waals surface area contributed by atoms with Crippen LogP contribution in [-0.2, 0) is 4.74 Å². The third-order valence-electron chi connectivity index (χ3n) is 4.78. The molecule has 2 N–H and O–H groups in total. The summed E-state index contributed by atoms with van der Waals surface area (Å²) in [7, 11) is 0. The van der Waals surface area contributed by atoms with Crippen LogP contribution in [0.1, 0.15) is 46.3 Å². The van der Waals surface area contributed by atoms with Crippen LogP contribution in [-0.4, -0.2) is 39.9 Å². The van der Waals surface area contributed by atoms with Gasteiger partial charge in [-0.2, -0.15) is 5.10 Å². The predicted octanol–water partition coefficient (Wildman–Crippen LogP) is 5.75. The van der Waals surface area contributed by atoms with Crippen molar-refractivity contribution in [3.8, 4) is 10.6 Å². The van der Waals surface area contributed by atoms with Crippen LogP contribution in [0.3, 0.4) is 0 Å². The van der Waals surface area contributed by atoms with E-state index in [0.717, 1.165) is 46.7 Å². The number of nitrogens with zero attached hydrogens (tertiary/aromatic N) is 3. The molecule has 0 bridgehead atoms. The molecule has 1 fully saturated rings. The van der Waals surface area contributed by atoms with E-state index in [-0.39, 0.29) is 11.8 Å². The smallest absolute Gasteiger partial charge is 0.255 e. The minimum atomic E-state index is -2.43. The number of nitrogens with one attached hydrogen (secondary N) is 2. The van der Waals surface area contributed by atoms with Gasteiger partial charge in [-0.3, -0.25) is 0 Å². The van der Waals surface area contributed by atoms with E-state index in [0.29, 0.717) is 11.5 Å². The SMILES string of the molecule is CC(C)(C)Nc1cc(NCC(F)F)c2sc(-c3ccnn3C3CCCCO3)cc2n1. The summed E-state index contributed by atoms with van der Waals surface area (Å²) in [6.45, 7) is 6.43. The zero-order valence-electron chi connectivity index (χ0n) is 17.4. The summed E-state index contributed by atoms with van der Waals surface area (Å²) >= 11 is 1.52. The van der Waals surface area contributed by atoms with Crippen LogP contribution >= 0.6 is 11.3 Å². The van der Waals surface area contributed by atoms with Crippen LogP contribution in [0.15, 0.2) is 24.4 Å². The van der Waals surface area contributed by atoms with E-state index < -0.39 is 13.0 Å². The van der Waals surface area contributed by atoms with Crippen molar-refractivity contribution in [2.45, 2.75) is 58.2 Å². The van der Waals surface area contributed by atoms with Gasteiger partial charge in [0.2, 0.25) is 0 Å². The van der Waals surface area contributed by atoms with Gasteiger partial charge in [-0.15, -0.1) is 11.3 Å². The first-order chi connectivity index (χ1) is 14.3. The molecular formula is C21H27F2N5OS. The van der Waals surface area contributed by atoms with Gasteiger partial charge in [0.05, 0.1) is 33.0 Å². The van der Waals surface area contributed by atoms with E-state index in [9.17, 15) is 8.78 Å². The number of thiophene rings is 1. The molecule has 0 saturated carbocycles. The highest BCUT2D eigenvalue weighted by atomic mass is 32.1. The summed E-state index contributed by atoms with van der Waals surface area (Å²) in [6.07, 6.45) is 2.38. The number of rotatable bonds is 6. The fraction of sp³-hybridized carbons (Fsp3) is 0.524. The first-order valence-electron chi connectivity index (χ1n) is 10.2. The van der Waals surface area contributed by atoms with Crippen molar-refractivity contribution in [1.82, 2.24) is 14.8 Å². The Bertz CT molecular complexity index is 1000. The standard InChI is InChI=1S/C21H27F2N5OS/c1-21(2,3)27-18-11-13(24-12-17(22)23)20-14(26-18)10-16(30-20)15-7-8-25-28(15)19-6-4-5-9-29-19/h7-8,10-11,17,19H,4-6,9,12H2,1-3H3,(H2,24,26,27). The number of fused-ring (bicyclic) bond motifs is 1. The first kappa shape index (κ1) is 21.0. The van der Waals surface area contributed by atoms with E-state index >= 15 is 0 Å². The van der Waals surface area contributed by atoms with E-state index in [4.69, 9.17) is 9.72 Å². The lowest BCUT2D eigenvalue weighted by atomic mass is 10.1. The molecule has 0 aliphatic carbocycles. The van der Waals surface area contributed by atoms with Crippen LogP contribution in [0.2, 0.25) is 0 Å². The average Bonchev–Trinajstić information content (AvgIpc) is 3.32. The molecule has 0 amide bonds. The Morgan fingerprint density at radius 1 is 1.30 bits per heavy atom. The zero-order chi connectivity index (χ0) is 21.3. The molecule has 1 saturated heterocycles. The monoisotopic (exact) mass is 435 g/mol. The maximum Gasteiger partial charge on any atom is 0.255 e. The highest BCUT2D eigenvalue weighted by molar-refractivity contribution is 7.22. The Balaban J connectivity index is 1.74.